The molecule has 0 spiro atoms. The lowest BCUT2D eigenvalue weighted by Gasteiger charge is -2.12. The molecule has 1 aromatic carbocycles. The Kier molecular flexibility index (Phi) is 3.55. The summed E-state index contributed by atoms with van der Waals surface area (Å²) < 4.78 is 24.1. The standard InChI is InChI=1S/C11H14N2O2S/c1-3-9(7-12)16(14,15)10-6-4-5-8(2)11(10)13/h4-6,9H,3,13H2,1-2H3. The maximum Gasteiger partial charge on any atom is 0.196 e. The van der Waals surface area contributed by atoms with E-state index in [0.717, 1.165) is 0 Å². The van der Waals surface area contributed by atoms with Gasteiger partial charge in [-0.3, -0.25) is 0 Å². The van der Waals surface area contributed by atoms with Crippen molar-refractivity contribution in [3.05, 3.63) is 23.8 Å². The molecule has 0 aliphatic rings. The van der Waals surface area contributed by atoms with Crippen LogP contribution in [0.1, 0.15) is 18.9 Å². The van der Waals surface area contributed by atoms with E-state index < -0.39 is 15.1 Å². The summed E-state index contributed by atoms with van der Waals surface area (Å²) in [5.74, 6) is 0. The molecule has 0 bridgehead atoms. The molecule has 0 amide bonds. The van der Waals surface area contributed by atoms with E-state index in [4.69, 9.17) is 11.0 Å². The summed E-state index contributed by atoms with van der Waals surface area (Å²) in [7, 11) is -3.64. The molecule has 2 N–H and O–H groups in total. The predicted molar refractivity (Wildman–Crippen MR) is 62.5 cm³/mol. The Morgan fingerprint density at radius 1 is 1.50 bits per heavy atom. The quantitative estimate of drug-likeness (QED) is 0.811. The molecule has 0 aliphatic heterocycles. The molecule has 0 fully saturated rings. The van der Waals surface area contributed by atoms with Crippen LogP contribution in [0.15, 0.2) is 23.1 Å². The van der Waals surface area contributed by atoms with Crippen LogP contribution >= 0.6 is 0 Å². The largest absolute Gasteiger partial charge is 0.397 e. The van der Waals surface area contributed by atoms with Gasteiger partial charge >= 0.3 is 0 Å². The van der Waals surface area contributed by atoms with Crippen molar-refractivity contribution in [1.29, 1.82) is 5.26 Å². The molecule has 1 unspecified atom stereocenters. The lowest BCUT2D eigenvalue weighted by atomic mass is 10.2. The average Bonchev–Trinajstić information content (AvgIpc) is 2.23. The van der Waals surface area contributed by atoms with Crippen LogP contribution in [-0.2, 0) is 9.84 Å². The van der Waals surface area contributed by atoms with Crippen molar-refractivity contribution in [3.63, 3.8) is 0 Å². The Morgan fingerprint density at radius 2 is 2.12 bits per heavy atom. The fourth-order valence-electron chi connectivity index (χ4n) is 1.44. The van der Waals surface area contributed by atoms with Crippen molar-refractivity contribution in [1.82, 2.24) is 0 Å². The fourth-order valence-corrected chi connectivity index (χ4v) is 3.06. The first-order valence-electron chi connectivity index (χ1n) is 4.93. The summed E-state index contributed by atoms with van der Waals surface area (Å²) in [4.78, 5) is 0.0564. The molecule has 0 saturated carbocycles. The van der Waals surface area contributed by atoms with Gasteiger partial charge in [-0.15, -0.1) is 0 Å². The number of hydrogen-bond donors (Lipinski definition) is 1. The van der Waals surface area contributed by atoms with Crippen LogP contribution < -0.4 is 5.73 Å². The monoisotopic (exact) mass is 238 g/mol. The molecular formula is C11H14N2O2S. The number of sulfone groups is 1. The first-order chi connectivity index (χ1) is 7.45. The first kappa shape index (κ1) is 12.5. The van der Waals surface area contributed by atoms with Crippen LogP contribution in [0.3, 0.4) is 0 Å². The molecule has 1 aromatic rings. The van der Waals surface area contributed by atoms with Crippen molar-refractivity contribution in [2.75, 3.05) is 5.73 Å². The van der Waals surface area contributed by atoms with Gasteiger partial charge in [0.05, 0.1) is 16.7 Å². The molecule has 5 heteroatoms. The van der Waals surface area contributed by atoms with Gasteiger partial charge in [0.2, 0.25) is 0 Å². The maximum atomic E-state index is 12.1. The van der Waals surface area contributed by atoms with Gasteiger partial charge in [0.25, 0.3) is 0 Å². The topological polar surface area (TPSA) is 84.0 Å². The number of nitrogens with zero attached hydrogens (tertiary/aromatic N) is 1. The second-order valence-electron chi connectivity index (χ2n) is 3.56. The van der Waals surface area contributed by atoms with Gasteiger partial charge in [-0.1, -0.05) is 19.1 Å². The number of hydrogen-bond acceptors (Lipinski definition) is 4. The molecule has 1 atom stereocenters. The van der Waals surface area contributed by atoms with Crippen molar-refractivity contribution < 1.29 is 8.42 Å². The highest BCUT2D eigenvalue weighted by atomic mass is 32.2. The van der Waals surface area contributed by atoms with Gasteiger partial charge in [-0.25, -0.2) is 8.42 Å². The van der Waals surface area contributed by atoms with Gasteiger partial charge in [0, 0.05) is 0 Å². The van der Waals surface area contributed by atoms with Gasteiger partial charge in [-0.05, 0) is 25.0 Å². The molecule has 0 saturated heterocycles. The van der Waals surface area contributed by atoms with E-state index in [9.17, 15) is 8.42 Å². The zero-order valence-electron chi connectivity index (χ0n) is 9.27. The third-order valence-corrected chi connectivity index (χ3v) is 4.64. The van der Waals surface area contributed by atoms with Crippen LogP contribution in [0.4, 0.5) is 5.69 Å². The average molecular weight is 238 g/mol. The highest BCUT2D eigenvalue weighted by Crippen LogP contribution is 2.26. The fraction of sp³-hybridized carbons (Fsp3) is 0.364. The van der Waals surface area contributed by atoms with E-state index in [-0.39, 0.29) is 17.0 Å². The van der Waals surface area contributed by atoms with E-state index in [2.05, 4.69) is 0 Å². The summed E-state index contributed by atoms with van der Waals surface area (Å²) >= 11 is 0. The lowest BCUT2D eigenvalue weighted by Crippen LogP contribution is -2.20. The molecule has 86 valence electrons. The van der Waals surface area contributed by atoms with Gasteiger partial charge in [-0.2, -0.15) is 5.26 Å². The molecule has 0 radical (unpaired) electrons. The van der Waals surface area contributed by atoms with Gasteiger partial charge in [0.15, 0.2) is 15.1 Å². The summed E-state index contributed by atoms with van der Waals surface area (Å²) in [5, 5.41) is 7.78. The number of anilines is 1. The van der Waals surface area contributed by atoms with Gasteiger partial charge in [0.1, 0.15) is 0 Å². The van der Waals surface area contributed by atoms with Crippen molar-refractivity contribution in [2.45, 2.75) is 30.4 Å². The summed E-state index contributed by atoms with van der Waals surface area (Å²) in [6.45, 7) is 3.40. The van der Waals surface area contributed by atoms with Crippen LogP contribution in [-0.4, -0.2) is 13.7 Å². The van der Waals surface area contributed by atoms with Crippen molar-refractivity contribution in [2.24, 2.45) is 0 Å². The highest BCUT2D eigenvalue weighted by molar-refractivity contribution is 7.92. The number of benzene rings is 1. The van der Waals surface area contributed by atoms with Crippen LogP contribution in [0, 0.1) is 18.3 Å². The predicted octanol–water partition coefficient (Wildman–Crippen LogP) is 1.65. The summed E-state index contributed by atoms with van der Waals surface area (Å²) in [6.07, 6.45) is 0.256. The van der Waals surface area contributed by atoms with E-state index >= 15 is 0 Å². The Labute approximate surface area is 95.6 Å². The normalized spacial score (nSPS) is 13.1. The second kappa shape index (κ2) is 4.54. The second-order valence-corrected chi connectivity index (χ2v) is 5.66. The first-order valence-corrected chi connectivity index (χ1v) is 6.48. The minimum Gasteiger partial charge on any atom is -0.397 e. The van der Waals surface area contributed by atoms with E-state index in [1.165, 1.54) is 6.07 Å². The number of nitriles is 1. The van der Waals surface area contributed by atoms with Crippen LogP contribution in [0.5, 0.6) is 0 Å². The molecular weight excluding hydrogens is 224 g/mol. The highest BCUT2D eigenvalue weighted by Gasteiger charge is 2.27. The third kappa shape index (κ3) is 2.02. The summed E-state index contributed by atoms with van der Waals surface area (Å²) in [5.41, 5.74) is 6.66. The maximum absolute atomic E-state index is 12.1. The third-order valence-electron chi connectivity index (χ3n) is 2.48. The lowest BCUT2D eigenvalue weighted by molar-refractivity contribution is 0.588. The summed E-state index contributed by atoms with van der Waals surface area (Å²) in [6, 6.07) is 6.60. The molecule has 0 aliphatic carbocycles. The Bertz CT molecular complexity index is 529. The minimum atomic E-state index is -3.64. The van der Waals surface area contributed by atoms with Crippen LogP contribution in [0.2, 0.25) is 0 Å². The number of nitrogen functional groups attached to an aromatic ring is 1. The number of nitrogens with two attached hydrogens (primary N) is 1. The zero-order chi connectivity index (χ0) is 12.3. The van der Waals surface area contributed by atoms with Gasteiger partial charge < -0.3 is 5.73 Å². The molecule has 0 aromatic heterocycles. The SMILES string of the molecule is CCC(C#N)S(=O)(=O)c1cccc(C)c1N. The molecule has 4 nitrogen and oxygen atoms in total. The Hall–Kier alpha value is -1.54. The Morgan fingerprint density at radius 3 is 2.62 bits per heavy atom. The molecule has 0 heterocycles. The Balaban J connectivity index is 3.40. The smallest absolute Gasteiger partial charge is 0.196 e. The van der Waals surface area contributed by atoms with E-state index in [0.29, 0.717) is 5.56 Å². The molecule has 1 rings (SSSR count). The van der Waals surface area contributed by atoms with Crippen molar-refractivity contribution >= 4 is 15.5 Å². The molecule has 16 heavy (non-hydrogen) atoms. The number of aryl methyl sites for hydroxylation is 1. The van der Waals surface area contributed by atoms with E-state index in [1.54, 1.807) is 32.0 Å². The number of rotatable bonds is 3. The van der Waals surface area contributed by atoms with E-state index in [1.807, 2.05) is 0 Å². The number of para-hydroxylation sites is 1. The minimum absolute atomic E-state index is 0.0564. The van der Waals surface area contributed by atoms with Crippen LogP contribution in [0.25, 0.3) is 0 Å². The van der Waals surface area contributed by atoms with Crippen molar-refractivity contribution in [3.8, 4) is 6.07 Å². The zero-order valence-corrected chi connectivity index (χ0v) is 10.1.